The highest BCUT2D eigenvalue weighted by Gasteiger charge is 2.17. The highest BCUT2D eigenvalue weighted by atomic mass is 32.2. The third kappa shape index (κ3) is 4.92. The van der Waals surface area contributed by atoms with Gasteiger partial charge in [0.2, 0.25) is 0 Å². The summed E-state index contributed by atoms with van der Waals surface area (Å²) < 4.78 is 0. The van der Waals surface area contributed by atoms with Gasteiger partial charge in [0.25, 0.3) is 0 Å². The number of aliphatic hydroxyl groups is 1. The molecule has 1 nitrogen and oxygen atoms in total. The van der Waals surface area contributed by atoms with Crippen LogP contribution in [-0.4, -0.2) is 22.7 Å². The molecule has 0 bridgehead atoms. The number of hydrogen-bond acceptors (Lipinski definition) is 2. The lowest BCUT2D eigenvalue weighted by Gasteiger charge is -2.15. The molecule has 1 fully saturated rings. The molecule has 2 heteroatoms. The number of thioether (sulfide) groups is 1. The Labute approximate surface area is 86.3 Å². The van der Waals surface area contributed by atoms with Crippen LogP contribution in [0.3, 0.4) is 0 Å². The predicted molar refractivity (Wildman–Crippen MR) is 60.2 cm³/mol. The minimum absolute atomic E-state index is 0.000809. The summed E-state index contributed by atoms with van der Waals surface area (Å²) in [7, 11) is 0. The van der Waals surface area contributed by atoms with Gasteiger partial charge in [0.05, 0.1) is 6.10 Å². The molecule has 2 atom stereocenters. The zero-order valence-electron chi connectivity index (χ0n) is 8.67. The van der Waals surface area contributed by atoms with E-state index in [2.05, 4.69) is 6.92 Å². The molecule has 1 aliphatic rings. The van der Waals surface area contributed by atoms with Crippen LogP contribution in [0.5, 0.6) is 0 Å². The first kappa shape index (κ1) is 11.4. The Hall–Kier alpha value is 0.310. The lowest BCUT2D eigenvalue weighted by atomic mass is 9.97. The zero-order chi connectivity index (χ0) is 9.52. The van der Waals surface area contributed by atoms with Gasteiger partial charge in [-0.25, -0.2) is 0 Å². The molecular weight excluding hydrogens is 180 g/mol. The normalized spacial score (nSPS) is 30.0. The second-order valence-corrected chi connectivity index (χ2v) is 5.42. The van der Waals surface area contributed by atoms with Crippen LogP contribution in [0.25, 0.3) is 0 Å². The first-order valence-electron chi connectivity index (χ1n) is 5.58. The Bertz CT molecular complexity index is 127. The first-order chi connectivity index (χ1) is 6.33. The largest absolute Gasteiger partial charge is 0.393 e. The van der Waals surface area contributed by atoms with Gasteiger partial charge in [-0.1, -0.05) is 26.2 Å². The predicted octanol–water partition coefficient (Wildman–Crippen LogP) is 3.07. The summed E-state index contributed by atoms with van der Waals surface area (Å²) in [6.45, 7) is 2.21. The van der Waals surface area contributed by atoms with E-state index in [1.165, 1.54) is 37.2 Å². The summed E-state index contributed by atoms with van der Waals surface area (Å²) in [4.78, 5) is 0. The molecule has 0 aliphatic heterocycles. The summed E-state index contributed by atoms with van der Waals surface area (Å²) in [6, 6.07) is 0. The maximum Gasteiger partial charge on any atom is 0.0542 e. The highest BCUT2D eigenvalue weighted by Crippen LogP contribution is 2.26. The van der Waals surface area contributed by atoms with Crippen molar-refractivity contribution in [2.24, 2.45) is 5.92 Å². The van der Waals surface area contributed by atoms with Gasteiger partial charge in [0, 0.05) is 0 Å². The van der Waals surface area contributed by atoms with E-state index in [-0.39, 0.29) is 6.10 Å². The molecule has 0 aromatic heterocycles. The van der Waals surface area contributed by atoms with Crippen molar-refractivity contribution >= 4 is 11.8 Å². The van der Waals surface area contributed by atoms with Crippen LogP contribution in [-0.2, 0) is 0 Å². The number of hydrogen-bond donors (Lipinski definition) is 1. The molecule has 0 amide bonds. The van der Waals surface area contributed by atoms with E-state index in [1.807, 2.05) is 11.8 Å². The Morgan fingerprint density at radius 2 is 2.08 bits per heavy atom. The average molecular weight is 202 g/mol. The quantitative estimate of drug-likeness (QED) is 0.558. The molecule has 1 aliphatic carbocycles. The smallest absolute Gasteiger partial charge is 0.0542 e. The van der Waals surface area contributed by atoms with Gasteiger partial charge >= 0.3 is 0 Å². The fraction of sp³-hybridized carbons (Fsp3) is 1.00. The van der Waals surface area contributed by atoms with Crippen LogP contribution < -0.4 is 0 Å². The van der Waals surface area contributed by atoms with Crippen LogP contribution in [0.2, 0.25) is 0 Å². The summed E-state index contributed by atoms with van der Waals surface area (Å²) in [5.74, 6) is 3.32. The van der Waals surface area contributed by atoms with Crippen LogP contribution in [0.1, 0.15) is 45.4 Å². The van der Waals surface area contributed by atoms with Gasteiger partial charge in [0.15, 0.2) is 0 Å². The minimum Gasteiger partial charge on any atom is -0.393 e. The van der Waals surface area contributed by atoms with Gasteiger partial charge in [0.1, 0.15) is 0 Å². The Kier molecular flexibility index (Phi) is 5.88. The summed E-state index contributed by atoms with van der Waals surface area (Å²) >= 11 is 2.03. The minimum atomic E-state index is -0.000809. The summed E-state index contributed by atoms with van der Waals surface area (Å²) in [5, 5.41) is 9.61. The molecule has 0 aromatic carbocycles. The van der Waals surface area contributed by atoms with Crippen LogP contribution in [0.4, 0.5) is 0 Å². The van der Waals surface area contributed by atoms with E-state index in [1.54, 1.807) is 0 Å². The van der Waals surface area contributed by atoms with Crippen molar-refractivity contribution in [1.82, 2.24) is 0 Å². The Morgan fingerprint density at radius 3 is 2.85 bits per heavy atom. The molecule has 13 heavy (non-hydrogen) atoms. The zero-order valence-corrected chi connectivity index (χ0v) is 9.48. The van der Waals surface area contributed by atoms with Crippen molar-refractivity contribution in [3.05, 3.63) is 0 Å². The number of rotatable bonds is 4. The van der Waals surface area contributed by atoms with Crippen LogP contribution in [0.15, 0.2) is 0 Å². The lowest BCUT2D eigenvalue weighted by Crippen LogP contribution is -2.11. The van der Waals surface area contributed by atoms with Gasteiger partial charge in [-0.05, 0) is 36.7 Å². The Morgan fingerprint density at radius 1 is 1.31 bits per heavy atom. The van der Waals surface area contributed by atoms with Crippen LogP contribution >= 0.6 is 11.8 Å². The van der Waals surface area contributed by atoms with Crippen molar-refractivity contribution in [2.45, 2.75) is 51.6 Å². The molecule has 2 unspecified atom stereocenters. The van der Waals surface area contributed by atoms with Crippen LogP contribution in [0, 0.1) is 5.92 Å². The van der Waals surface area contributed by atoms with Crippen molar-refractivity contribution in [2.75, 3.05) is 11.5 Å². The topological polar surface area (TPSA) is 20.2 Å². The third-order valence-electron chi connectivity index (χ3n) is 2.88. The van der Waals surface area contributed by atoms with E-state index in [9.17, 15) is 5.11 Å². The molecule has 0 radical (unpaired) electrons. The van der Waals surface area contributed by atoms with E-state index >= 15 is 0 Å². The molecule has 1 saturated carbocycles. The van der Waals surface area contributed by atoms with Crippen molar-refractivity contribution in [3.8, 4) is 0 Å². The fourth-order valence-corrected chi connectivity index (χ4v) is 2.88. The fourth-order valence-electron chi connectivity index (χ4n) is 2.09. The van der Waals surface area contributed by atoms with E-state index in [0.29, 0.717) is 0 Å². The molecule has 1 N–H and O–H groups in total. The highest BCUT2D eigenvalue weighted by molar-refractivity contribution is 7.99. The van der Waals surface area contributed by atoms with E-state index < -0.39 is 0 Å². The molecule has 0 heterocycles. The number of aliphatic hydroxyl groups excluding tert-OH is 1. The molecule has 0 aromatic rings. The monoisotopic (exact) mass is 202 g/mol. The lowest BCUT2D eigenvalue weighted by molar-refractivity contribution is 0.140. The first-order valence-corrected chi connectivity index (χ1v) is 6.74. The van der Waals surface area contributed by atoms with Crippen molar-refractivity contribution in [3.63, 3.8) is 0 Å². The molecule has 0 spiro atoms. The summed E-state index contributed by atoms with van der Waals surface area (Å²) in [5.41, 5.74) is 0. The summed E-state index contributed by atoms with van der Waals surface area (Å²) in [6.07, 6.45) is 7.33. The second-order valence-electron chi connectivity index (χ2n) is 4.03. The van der Waals surface area contributed by atoms with Crippen molar-refractivity contribution in [1.29, 1.82) is 0 Å². The van der Waals surface area contributed by atoms with Crippen molar-refractivity contribution < 1.29 is 5.11 Å². The average Bonchev–Trinajstić information content (AvgIpc) is 2.31. The second kappa shape index (κ2) is 6.72. The standard InChI is InChI=1S/C11H22OS/c1-2-13-8-7-10-5-3-4-6-11(12)9-10/h10-12H,2-9H2,1H3. The maximum absolute atomic E-state index is 9.61. The van der Waals surface area contributed by atoms with Gasteiger partial charge in [-0.15, -0.1) is 0 Å². The SMILES string of the molecule is CCSCCC1CCCCC(O)C1. The molecular formula is C11H22OS. The van der Waals surface area contributed by atoms with Gasteiger partial charge in [-0.2, -0.15) is 11.8 Å². The van der Waals surface area contributed by atoms with Gasteiger partial charge in [-0.3, -0.25) is 0 Å². The van der Waals surface area contributed by atoms with Gasteiger partial charge < -0.3 is 5.11 Å². The molecule has 78 valence electrons. The van der Waals surface area contributed by atoms with E-state index in [4.69, 9.17) is 0 Å². The molecule has 0 saturated heterocycles. The van der Waals surface area contributed by atoms with E-state index in [0.717, 1.165) is 18.8 Å². The Balaban J connectivity index is 2.15. The maximum atomic E-state index is 9.61. The third-order valence-corrected chi connectivity index (χ3v) is 3.81. The molecule has 1 rings (SSSR count).